The molecule has 66 heavy (non-hydrogen) atoms. The maximum Gasteiger partial charge on any atom is 0.306 e. The zero-order valence-electron chi connectivity index (χ0n) is 43.2. The third-order valence-corrected chi connectivity index (χ3v) is 11.3. The van der Waals surface area contributed by atoms with Crippen LogP contribution >= 0.6 is 0 Å². The Morgan fingerprint density at radius 2 is 0.682 bits per heavy atom. The van der Waals surface area contributed by atoms with Gasteiger partial charge in [-0.15, -0.1) is 0 Å². The summed E-state index contributed by atoms with van der Waals surface area (Å²) in [7, 11) is 0. The predicted molar refractivity (Wildman–Crippen MR) is 288 cm³/mol. The van der Waals surface area contributed by atoms with Crippen LogP contribution in [-0.4, -0.2) is 37.9 Å². The van der Waals surface area contributed by atoms with Crippen molar-refractivity contribution in [2.24, 2.45) is 0 Å². The van der Waals surface area contributed by atoms with E-state index in [1.54, 1.807) is 0 Å². The van der Waals surface area contributed by atoms with Gasteiger partial charge in [-0.05, 0) is 103 Å². The molecule has 5 heteroatoms. The summed E-state index contributed by atoms with van der Waals surface area (Å²) in [6, 6.07) is 0. The summed E-state index contributed by atoms with van der Waals surface area (Å²) in [5, 5.41) is 0. The van der Waals surface area contributed by atoms with Gasteiger partial charge in [-0.2, -0.15) is 0 Å². The Labute approximate surface area is 408 Å². The third kappa shape index (κ3) is 53.2. The first-order chi connectivity index (χ1) is 32.6. The standard InChI is InChI=1S/C61H102O5/c1-4-7-10-13-16-19-22-25-27-29-31-32-34-37-39-42-45-48-51-54-60(62)65-58-59(66-61(63)55-52-49-46-43-40-36-24-21-18-15-12-9-6-3)57-64-56-53-50-47-44-41-38-35-33-30-28-26-23-20-17-14-11-8-5-2/h7-8,10-11,16-17,19-20,25-28,31-33,35,37,39,59H,4-6,9,12-15,18,21-24,29-30,34,36,38,40-58H2,1-3H3/b10-7-,11-8-,19-16-,20-17-,27-25-,28-26-,32-31-,35-33-,39-37-. The predicted octanol–water partition coefficient (Wildman–Crippen LogP) is 18.8. The van der Waals surface area contributed by atoms with Crippen molar-refractivity contribution in [3.05, 3.63) is 109 Å². The van der Waals surface area contributed by atoms with E-state index in [0.29, 0.717) is 19.4 Å². The summed E-state index contributed by atoms with van der Waals surface area (Å²) in [6.07, 6.45) is 76.7. The molecule has 0 aliphatic rings. The van der Waals surface area contributed by atoms with E-state index in [-0.39, 0.29) is 25.2 Å². The summed E-state index contributed by atoms with van der Waals surface area (Å²) in [5.41, 5.74) is 0. The molecule has 1 atom stereocenters. The van der Waals surface area contributed by atoms with Crippen LogP contribution in [0.15, 0.2) is 109 Å². The minimum atomic E-state index is -0.565. The molecule has 0 rings (SSSR count). The molecule has 0 heterocycles. The summed E-state index contributed by atoms with van der Waals surface area (Å²) >= 11 is 0. The number of ether oxygens (including phenoxy) is 3. The molecule has 0 aromatic rings. The Morgan fingerprint density at radius 3 is 1.11 bits per heavy atom. The van der Waals surface area contributed by atoms with Crippen LogP contribution in [0.3, 0.4) is 0 Å². The summed E-state index contributed by atoms with van der Waals surface area (Å²) < 4.78 is 17.4. The average molecular weight is 915 g/mol. The molecule has 0 N–H and O–H groups in total. The van der Waals surface area contributed by atoms with Crippen LogP contribution in [0, 0.1) is 0 Å². The molecular weight excluding hydrogens is 813 g/mol. The van der Waals surface area contributed by atoms with Gasteiger partial charge in [-0.25, -0.2) is 0 Å². The molecule has 0 amide bonds. The molecule has 0 saturated heterocycles. The Bertz CT molecular complexity index is 1310. The zero-order chi connectivity index (χ0) is 47.7. The normalized spacial score (nSPS) is 13.1. The van der Waals surface area contributed by atoms with E-state index in [9.17, 15) is 9.59 Å². The molecule has 0 bridgehead atoms. The van der Waals surface area contributed by atoms with Crippen LogP contribution in [0.1, 0.15) is 239 Å². The second-order valence-corrected chi connectivity index (χ2v) is 17.7. The number of rotatable bonds is 49. The molecule has 0 fully saturated rings. The Hall–Kier alpha value is -3.44. The third-order valence-electron chi connectivity index (χ3n) is 11.3. The van der Waals surface area contributed by atoms with Gasteiger partial charge in [0.05, 0.1) is 6.61 Å². The second kappa shape index (κ2) is 55.9. The van der Waals surface area contributed by atoms with Crippen molar-refractivity contribution in [1.82, 2.24) is 0 Å². The van der Waals surface area contributed by atoms with Gasteiger partial charge in [0.15, 0.2) is 6.10 Å². The molecule has 0 spiro atoms. The van der Waals surface area contributed by atoms with Gasteiger partial charge in [0.25, 0.3) is 0 Å². The minimum absolute atomic E-state index is 0.0561. The second-order valence-electron chi connectivity index (χ2n) is 17.7. The van der Waals surface area contributed by atoms with Crippen molar-refractivity contribution in [3.8, 4) is 0 Å². The van der Waals surface area contributed by atoms with E-state index in [2.05, 4.69) is 130 Å². The largest absolute Gasteiger partial charge is 0.462 e. The quantitative estimate of drug-likeness (QED) is 0.0346. The summed E-state index contributed by atoms with van der Waals surface area (Å²) in [5.74, 6) is -0.446. The lowest BCUT2D eigenvalue weighted by atomic mass is 10.0. The molecule has 0 aromatic carbocycles. The molecule has 1 unspecified atom stereocenters. The Kier molecular flexibility index (Phi) is 53.0. The van der Waals surface area contributed by atoms with Gasteiger partial charge in [-0.3, -0.25) is 9.59 Å². The van der Waals surface area contributed by atoms with Crippen molar-refractivity contribution < 1.29 is 23.8 Å². The number of esters is 2. The zero-order valence-corrected chi connectivity index (χ0v) is 43.2. The van der Waals surface area contributed by atoms with Crippen molar-refractivity contribution in [2.45, 2.75) is 245 Å². The minimum Gasteiger partial charge on any atom is -0.462 e. The van der Waals surface area contributed by atoms with Crippen molar-refractivity contribution in [1.29, 1.82) is 0 Å². The lowest BCUT2D eigenvalue weighted by Crippen LogP contribution is -2.30. The fraction of sp³-hybridized carbons (Fsp3) is 0.672. The molecular formula is C61H102O5. The van der Waals surface area contributed by atoms with Crippen molar-refractivity contribution >= 4 is 11.9 Å². The number of carbonyl (C=O) groups is 2. The fourth-order valence-electron chi connectivity index (χ4n) is 7.29. The number of allylic oxidation sites excluding steroid dienone is 18. The van der Waals surface area contributed by atoms with Gasteiger partial charge in [0, 0.05) is 19.4 Å². The van der Waals surface area contributed by atoms with Gasteiger partial charge < -0.3 is 14.2 Å². The Balaban J connectivity index is 4.37. The number of hydrogen-bond acceptors (Lipinski definition) is 5. The highest BCUT2D eigenvalue weighted by Gasteiger charge is 2.17. The number of hydrogen-bond donors (Lipinski definition) is 0. The van der Waals surface area contributed by atoms with Crippen molar-refractivity contribution in [2.75, 3.05) is 19.8 Å². The van der Waals surface area contributed by atoms with Gasteiger partial charge in [0.1, 0.15) is 6.61 Å². The first-order valence-electron chi connectivity index (χ1n) is 27.4. The summed E-state index contributed by atoms with van der Waals surface area (Å²) in [4.78, 5) is 25.5. The Morgan fingerprint density at radius 1 is 0.348 bits per heavy atom. The van der Waals surface area contributed by atoms with E-state index >= 15 is 0 Å². The average Bonchev–Trinajstić information content (AvgIpc) is 3.32. The topological polar surface area (TPSA) is 61.8 Å². The SMILES string of the molecule is CC/C=C\C/C=C\C/C=C\C/C=C\C/C=C\CCCCCC(=O)OCC(COCCCCCCC/C=C\C/C=C\C/C=C\C/C=C\CC)OC(=O)CCCCCCCCCCCCCCC. The van der Waals surface area contributed by atoms with E-state index in [1.165, 1.54) is 89.9 Å². The highest BCUT2D eigenvalue weighted by Crippen LogP contribution is 2.14. The van der Waals surface area contributed by atoms with E-state index < -0.39 is 6.10 Å². The van der Waals surface area contributed by atoms with Crippen LogP contribution in [0.5, 0.6) is 0 Å². The van der Waals surface area contributed by atoms with E-state index in [1.807, 2.05) is 0 Å². The number of unbranched alkanes of at least 4 members (excludes halogenated alkanes) is 20. The molecule has 0 aliphatic heterocycles. The molecule has 5 nitrogen and oxygen atoms in total. The monoisotopic (exact) mass is 915 g/mol. The van der Waals surface area contributed by atoms with Crippen LogP contribution in [0.2, 0.25) is 0 Å². The maximum absolute atomic E-state index is 12.8. The van der Waals surface area contributed by atoms with E-state index in [0.717, 1.165) is 116 Å². The smallest absolute Gasteiger partial charge is 0.306 e. The van der Waals surface area contributed by atoms with Gasteiger partial charge in [0.2, 0.25) is 0 Å². The highest BCUT2D eigenvalue weighted by molar-refractivity contribution is 5.70. The lowest BCUT2D eigenvalue weighted by Gasteiger charge is -2.18. The van der Waals surface area contributed by atoms with Crippen molar-refractivity contribution in [3.63, 3.8) is 0 Å². The first kappa shape index (κ1) is 62.6. The highest BCUT2D eigenvalue weighted by atomic mass is 16.6. The molecule has 0 aliphatic carbocycles. The molecule has 0 saturated carbocycles. The van der Waals surface area contributed by atoms with Gasteiger partial charge >= 0.3 is 11.9 Å². The van der Waals surface area contributed by atoms with E-state index in [4.69, 9.17) is 14.2 Å². The van der Waals surface area contributed by atoms with Gasteiger partial charge in [-0.1, -0.05) is 233 Å². The van der Waals surface area contributed by atoms with Crippen LogP contribution in [0.4, 0.5) is 0 Å². The molecule has 0 aromatic heterocycles. The van der Waals surface area contributed by atoms with Crippen LogP contribution in [-0.2, 0) is 23.8 Å². The number of carbonyl (C=O) groups excluding carboxylic acids is 2. The van der Waals surface area contributed by atoms with Crippen LogP contribution in [0.25, 0.3) is 0 Å². The lowest BCUT2D eigenvalue weighted by molar-refractivity contribution is -0.163. The van der Waals surface area contributed by atoms with Crippen LogP contribution < -0.4 is 0 Å². The summed E-state index contributed by atoms with van der Waals surface area (Å²) in [6.45, 7) is 7.53. The molecule has 376 valence electrons. The molecule has 0 radical (unpaired) electrons. The maximum atomic E-state index is 12.8. The fourth-order valence-corrected chi connectivity index (χ4v) is 7.29. The first-order valence-corrected chi connectivity index (χ1v) is 27.4.